The maximum Gasteiger partial charge on any atom is 0.262 e. The Labute approximate surface area is 217 Å². The van der Waals surface area contributed by atoms with Gasteiger partial charge < -0.3 is 5.32 Å². The summed E-state index contributed by atoms with van der Waals surface area (Å²) in [5, 5.41) is 9.43. The molecule has 3 aromatic rings. The fourth-order valence-corrected chi connectivity index (χ4v) is 5.38. The Bertz CT molecular complexity index is 1390. The van der Waals surface area contributed by atoms with E-state index in [1.165, 1.54) is 23.9 Å². The van der Waals surface area contributed by atoms with E-state index in [0.29, 0.717) is 16.6 Å². The maximum absolute atomic E-state index is 13.9. The van der Waals surface area contributed by atoms with Gasteiger partial charge >= 0.3 is 0 Å². The van der Waals surface area contributed by atoms with Crippen molar-refractivity contribution in [3.63, 3.8) is 0 Å². The molecule has 0 radical (unpaired) electrons. The van der Waals surface area contributed by atoms with Crippen LogP contribution in [-0.4, -0.2) is 33.0 Å². The SMILES string of the molecule is Cc1ccc(C2=NN(C3=NC(=O)C(CC(=O)Nc4ccccc4F)S3)C(c3cccc(Cl)c3)C2)cc1. The van der Waals surface area contributed by atoms with Crippen LogP contribution in [0.25, 0.3) is 0 Å². The number of carbonyl (C=O) groups excluding carboxylic acids is 2. The summed E-state index contributed by atoms with van der Waals surface area (Å²) in [5.74, 6) is -1.41. The van der Waals surface area contributed by atoms with E-state index in [1.807, 2.05) is 55.5 Å². The number of hydrazone groups is 1. The van der Waals surface area contributed by atoms with Crippen LogP contribution in [0.15, 0.2) is 82.9 Å². The third kappa shape index (κ3) is 5.20. The summed E-state index contributed by atoms with van der Waals surface area (Å²) in [6.07, 6.45) is 0.477. The monoisotopic (exact) mass is 520 g/mol. The molecule has 0 bridgehead atoms. The van der Waals surface area contributed by atoms with Crippen molar-refractivity contribution in [1.82, 2.24) is 5.01 Å². The normalized spacial score (nSPS) is 19.3. The molecule has 2 unspecified atom stereocenters. The molecule has 0 saturated carbocycles. The van der Waals surface area contributed by atoms with Crippen molar-refractivity contribution in [2.45, 2.75) is 31.1 Å². The predicted octanol–water partition coefficient (Wildman–Crippen LogP) is 5.97. The molecule has 2 amide bonds. The number of amides is 2. The standard InChI is InChI=1S/C27H22ClFN4O2S/c1-16-9-11-17(12-10-16)22-14-23(18-5-4-6-19(28)13-18)33(32-22)27-31-26(35)24(36-27)15-25(34)30-21-8-3-2-7-20(21)29/h2-13,23-24H,14-15H2,1H3,(H,30,34). The van der Waals surface area contributed by atoms with Crippen molar-refractivity contribution in [2.75, 3.05) is 5.32 Å². The van der Waals surface area contributed by atoms with Crippen LogP contribution in [0.4, 0.5) is 10.1 Å². The second-order valence-corrected chi connectivity index (χ2v) is 10.2. The number of amidine groups is 1. The largest absolute Gasteiger partial charge is 0.324 e. The van der Waals surface area contributed by atoms with Crippen LogP contribution in [0.5, 0.6) is 0 Å². The minimum absolute atomic E-state index is 0.0759. The van der Waals surface area contributed by atoms with Crippen LogP contribution in [0.3, 0.4) is 0 Å². The Morgan fingerprint density at radius 3 is 2.67 bits per heavy atom. The molecule has 5 rings (SSSR count). The van der Waals surface area contributed by atoms with Gasteiger partial charge in [-0.05, 0) is 42.3 Å². The number of nitrogens with zero attached hydrogens (tertiary/aromatic N) is 3. The van der Waals surface area contributed by atoms with Gasteiger partial charge in [0.25, 0.3) is 5.91 Å². The van der Waals surface area contributed by atoms with Gasteiger partial charge in [-0.2, -0.15) is 10.1 Å². The summed E-state index contributed by atoms with van der Waals surface area (Å²) in [7, 11) is 0. The molecule has 0 spiro atoms. The van der Waals surface area contributed by atoms with Crippen molar-refractivity contribution in [3.05, 3.63) is 100 Å². The topological polar surface area (TPSA) is 74.1 Å². The predicted molar refractivity (Wildman–Crippen MR) is 142 cm³/mol. The van der Waals surface area contributed by atoms with E-state index >= 15 is 0 Å². The number of halogens is 2. The molecule has 0 aliphatic carbocycles. The quantitative estimate of drug-likeness (QED) is 0.450. The Morgan fingerprint density at radius 1 is 1.14 bits per heavy atom. The molecule has 2 aliphatic heterocycles. The number of anilines is 1. The molecule has 0 saturated heterocycles. The van der Waals surface area contributed by atoms with Gasteiger partial charge in [-0.3, -0.25) is 9.59 Å². The van der Waals surface area contributed by atoms with Gasteiger partial charge in [-0.25, -0.2) is 9.40 Å². The number of benzene rings is 3. The van der Waals surface area contributed by atoms with Crippen molar-refractivity contribution in [2.24, 2.45) is 10.1 Å². The number of para-hydroxylation sites is 1. The van der Waals surface area contributed by atoms with E-state index in [0.717, 1.165) is 22.4 Å². The number of hydrogen-bond acceptors (Lipinski definition) is 5. The molecule has 2 atom stereocenters. The summed E-state index contributed by atoms with van der Waals surface area (Å²) in [4.78, 5) is 29.5. The first-order valence-corrected chi connectivity index (χ1v) is 12.7. The molecule has 2 aliphatic rings. The summed E-state index contributed by atoms with van der Waals surface area (Å²) >= 11 is 7.46. The Hall–Kier alpha value is -3.49. The van der Waals surface area contributed by atoms with Gasteiger partial charge in [0.15, 0.2) is 5.17 Å². The van der Waals surface area contributed by atoms with Crippen molar-refractivity contribution < 1.29 is 14.0 Å². The highest BCUT2D eigenvalue weighted by Gasteiger charge is 2.39. The molecule has 1 N–H and O–H groups in total. The number of thioether (sulfide) groups is 1. The second kappa shape index (κ2) is 10.2. The Morgan fingerprint density at radius 2 is 1.92 bits per heavy atom. The lowest BCUT2D eigenvalue weighted by molar-refractivity contribution is -0.121. The number of nitrogens with one attached hydrogen (secondary N) is 1. The van der Waals surface area contributed by atoms with Crippen molar-refractivity contribution in [1.29, 1.82) is 0 Å². The molecular formula is C27H22ClFN4O2S. The zero-order chi connectivity index (χ0) is 25.2. The fourth-order valence-electron chi connectivity index (χ4n) is 4.12. The summed E-state index contributed by atoms with van der Waals surface area (Å²) in [6, 6.07) is 21.4. The number of carbonyl (C=O) groups is 2. The lowest BCUT2D eigenvalue weighted by Gasteiger charge is -2.23. The number of hydrogen-bond donors (Lipinski definition) is 1. The highest BCUT2D eigenvalue weighted by molar-refractivity contribution is 8.15. The first-order valence-electron chi connectivity index (χ1n) is 11.4. The minimum Gasteiger partial charge on any atom is -0.324 e. The van der Waals surface area contributed by atoms with E-state index in [1.54, 1.807) is 17.1 Å². The maximum atomic E-state index is 13.9. The number of aryl methyl sites for hydroxylation is 1. The average molecular weight is 521 g/mol. The number of rotatable bonds is 5. The molecular weight excluding hydrogens is 499 g/mol. The van der Waals surface area contributed by atoms with Crippen molar-refractivity contribution in [3.8, 4) is 0 Å². The van der Waals surface area contributed by atoms with Crippen LogP contribution in [0, 0.1) is 12.7 Å². The van der Waals surface area contributed by atoms with Gasteiger partial charge in [0.1, 0.15) is 11.1 Å². The summed E-state index contributed by atoms with van der Waals surface area (Å²) < 4.78 is 13.9. The first kappa shape index (κ1) is 24.2. The van der Waals surface area contributed by atoms with E-state index in [9.17, 15) is 14.0 Å². The van der Waals surface area contributed by atoms with E-state index in [4.69, 9.17) is 16.7 Å². The average Bonchev–Trinajstić information content (AvgIpc) is 3.45. The van der Waals surface area contributed by atoms with Crippen LogP contribution in [-0.2, 0) is 9.59 Å². The van der Waals surface area contributed by atoms with Gasteiger partial charge in [0, 0.05) is 17.9 Å². The molecule has 9 heteroatoms. The summed E-state index contributed by atoms with van der Waals surface area (Å²) in [6.45, 7) is 2.03. The number of aliphatic imine (C=N–C) groups is 1. The van der Waals surface area contributed by atoms with E-state index in [2.05, 4.69) is 10.3 Å². The summed E-state index contributed by atoms with van der Waals surface area (Å²) in [5.41, 5.74) is 4.04. The van der Waals surface area contributed by atoms with Crippen LogP contribution in [0.2, 0.25) is 5.02 Å². The lowest BCUT2D eigenvalue weighted by Crippen LogP contribution is -2.25. The van der Waals surface area contributed by atoms with Gasteiger partial charge in [-0.1, -0.05) is 77.5 Å². The van der Waals surface area contributed by atoms with E-state index < -0.39 is 22.9 Å². The lowest BCUT2D eigenvalue weighted by atomic mass is 9.98. The van der Waals surface area contributed by atoms with Crippen LogP contribution < -0.4 is 5.32 Å². The highest BCUT2D eigenvalue weighted by atomic mass is 35.5. The molecule has 182 valence electrons. The van der Waals surface area contributed by atoms with Gasteiger partial charge in [-0.15, -0.1) is 0 Å². The van der Waals surface area contributed by atoms with Gasteiger partial charge in [0.05, 0.1) is 17.4 Å². The zero-order valence-electron chi connectivity index (χ0n) is 19.3. The van der Waals surface area contributed by atoms with Crippen molar-refractivity contribution >= 4 is 51.7 Å². The zero-order valence-corrected chi connectivity index (χ0v) is 20.9. The van der Waals surface area contributed by atoms with Gasteiger partial charge in [0.2, 0.25) is 5.91 Å². The molecule has 0 aromatic heterocycles. The Balaban J connectivity index is 1.36. The smallest absolute Gasteiger partial charge is 0.262 e. The molecule has 36 heavy (non-hydrogen) atoms. The van der Waals surface area contributed by atoms with E-state index in [-0.39, 0.29) is 18.2 Å². The Kier molecular flexibility index (Phi) is 6.89. The second-order valence-electron chi connectivity index (χ2n) is 8.60. The first-order chi connectivity index (χ1) is 17.4. The minimum atomic E-state index is -0.717. The third-order valence-corrected chi connectivity index (χ3v) is 7.35. The molecule has 3 aromatic carbocycles. The van der Waals surface area contributed by atoms with Crippen LogP contribution in [0.1, 0.15) is 35.6 Å². The fraction of sp³-hybridized carbons (Fsp3) is 0.185. The highest BCUT2D eigenvalue weighted by Crippen LogP contribution is 2.39. The third-order valence-electron chi connectivity index (χ3n) is 5.97. The van der Waals surface area contributed by atoms with Crippen LogP contribution >= 0.6 is 23.4 Å². The molecule has 6 nitrogen and oxygen atoms in total. The molecule has 2 heterocycles. The molecule has 0 fully saturated rings.